The average molecular weight is 277 g/mol. The van der Waals surface area contributed by atoms with E-state index in [0.717, 1.165) is 0 Å². The van der Waals surface area contributed by atoms with E-state index in [4.69, 9.17) is 15.2 Å². The lowest BCUT2D eigenvalue weighted by atomic mass is 10.2. The molecule has 0 aliphatic heterocycles. The van der Waals surface area contributed by atoms with Crippen LogP contribution in [-0.4, -0.2) is 25.2 Å². The van der Waals surface area contributed by atoms with E-state index >= 15 is 0 Å². The van der Waals surface area contributed by atoms with Gasteiger partial charge < -0.3 is 15.2 Å². The van der Waals surface area contributed by atoms with Crippen LogP contribution in [0.2, 0.25) is 0 Å². The van der Waals surface area contributed by atoms with Crippen molar-refractivity contribution in [3.63, 3.8) is 0 Å². The minimum atomic E-state index is -0.443. The summed E-state index contributed by atoms with van der Waals surface area (Å²) in [6.07, 6.45) is 1.23. The second-order valence-corrected chi connectivity index (χ2v) is 4.35. The molecular formula is C15H19NO4. The number of anilines is 1. The topological polar surface area (TPSA) is 78.6 Å². The van der Waals surface area contributed by atoms with Gasteiger partial charge in [-0.05, 0) is 31.9 Å². The Hall–Kier alpha value is -2.30. The van der Waals surface area contributed by atoms with E-state index in [1.807, 2.05) is 0 Å². The maximum absolute atomic E-state index is 11.7. The average Bonchev–Trinajstić information content (AvgIpc) is 2.42. The number of nitrogens with two attached hydrogens (primary N) is 1. The highest BCUT2D eigenvalue weighted by Gasteiger charge is 2.09. The van der Waals surface area contributed by atoms with Crippen molar-refractivity contribution in [3.8, 4) is 0 Å². The van der Waals surface area contributed by atoms with Gasteiger partial charge in [0, 0.05) is 11.3 Å². The number of hydrogen-bond acceptors (Lipinski definition) is 5. The van der Waals surface area contributed by atoms with E-state index in [-0.39, 0.29) is 13.2 Å². The fraction of sp³-hybridized carbons (Fsp3) is 0.333. The molecule has 0 saturated carbocycles. The van der Waals surface area contributed by atoms with E-state index in [2.05, 4.69) is 6.58 Å². The van der Waals surface area contributed by atoms with Gasteiger partial charge in [0.1, 0.15) is 0 Å². The first-order valence-electron chi connectivity index (χ1n) is 6.36. The van der Waals surface area contributed by atoms with E-state index in [1.165, 1.54) is 0 Å². The van der Waals surface area contributed by atoms with Crippen LogP contribution >= 0.6 is 0 Å². The highest BCUT2D eigenvalue weighted by atomic mass is 16.5. The van der Waals surface area contributed by atoms with E-state index in [9.17, 15) is 9.59 Å². The van der Waals surface area contributed by atoms with Crippen molar-refractivity contribution in [1.29, 1.82) is 0 Å². The van der Waals surface area contributed by atoms with Crippen LogP contribution in [0.25, 0.3) is 0 Å². The van der Waals surface area contributed by atoms with E-state index in [0.29, 0.717) is 29.7 Å². The normalized spacial score (nSPS) is 9.85. The van der Waals surface area contributed by atoms with Crippen LogP contribution in [0.5, 0.6) is 0 Å². The fourth-order valence-corrected chi connectivity index (χ4v) is 1.42. The third-order valence-corrected chi connectivity index (χ3v) is 2.53. The van der Waals surface area contributed by atoms with Crippen LogP contribution in [0.15, 0.2) is 36.4 Å². The maximum atomic E-state index is 11.7. The Morgan fingerprint density at radius 3 is 2.35 bits per heavy atom. The van der Waals surface area contributed by atoms with Gasteiger partial charge in [-0.25, -0.2) is 9.59 Å². The first kappa shape index (κ1) is 15.8. The summed E-state index contributed by atoms with van der Waals surface area (Å²) in [5.74, 6) is -0.846. The quantitative estimate of drug-likeness (QED) is 0.358. The van der Waals surface area contributed by atoms with Crippen LogP contribution < -0.4 is 5.73 Å². The lowest BCUT2D eigenvalue weighted by Gasteiger charge is -2.07. The Labute approximate surface area is 118 Å². The molecular weight excluding hydrogens is 258 g/mol. The number of carbonyl (C=O) groups is 2. The predicted octanol–water partition coefficient (Wildman–Crippen LogP) is 2.33. The molecule has 0 bridgehead atoms. The van der Waals surface area contributed by atoms with Gasteiger partial charge in [-0.2, -0.15) is 0 Å². The maximum Gasteiger partial charge on any atom is 0.340 e. The molecule has 1 aromatic carbocycles. The molecule has 5 heteroatoms. The summed E-state index contributed by atoms with van der Waals surface area (Å²) in [4.78, 5) is 22.8. The molecule has 108 valence electrons. The van der Waals surface area contributed by atoms with Crippen LogP contribution in [0.4, 0.5) is 5.69 Å². The van der Waals surface area contributed by atoms with Gasteiger partial charge in [-0.3, -0.25) is 0 Å². The standard InChI is InChI=1S/C15H19NO4/c1-11(2)14(17)19-9-5-6-10-20-15(18)12-7-3-4-8-13(12)16/h3-4,7-8H,1,5-6,9-10,16H2,2H3. The van der Waals surface area contributed by atoms with Crippen LogP contribution in [0.3, 0.4) is 0 Å². The predicted molar refractivity (Wildman–Crippen MR) is 76.1 cm³/mol. The second-order valence-electron chi connectivity index (χ2n) is 4.35. The van der Waals surface area contributed by atoms with Crippen molar-refractivity contribution in [2.45, 2.75) is 19.8 Å². The molecule has 0 aliphatic rings. The second kappa shape index (κ2) is 7.99. The zero-order chi connectivity index (χ0) is 15.0. The molecule has 1 rings (SSSR count). The Morgan fingerprint density at radius 1 is 1.15 bits per heavy atom. The Morgan fingerprint density at radius 2 is 1.75 bits per heavy atom. The molecule has 1 aromatic rings. The largest absolute Gasteiger partial charge is 0.462 e. The minimum Gasteiger partial charge on any atom is -0.462 e. The molecule has 0 aliphatic carbocycles. The zero-order valence-electron chi connectivity index (χ0n) is 11.6. The number of para-hydroxylation sites is 1. The first-order chi connectivity index (χ1) is 9.52. The summed E-state index contributed by atoms with van der Waals surface area (Å²) in [5.41, 5.74) is 6.80. The first-order valence-corrected chi connectivity index (χ1v) is 6.36. The highest BCUT2D eigenvalue weighted by molar-refractivity contribution is 5.94. The van der Waals surface area contributed by atoms with Crippen LogP contribution in [0.1, 0.15) is 30.1 Å². The number of nitrogen functional groups attached to an aromatic ring is 1. The highest BCUT2D eigenvalue weighted by Crippen LogP contribution is 2.11. The number of benzene rings is 1. The number of carbonyl (C=O) groups excluding carboxylic acids is 2. The van der Waals surface area contributed by atoms with E-state index in [1.54, 1.807) is 31.2 Å². The molecule has 0 atom stereocenters. The number of rotatable bonds is 7. The smallest absolute Gasteiger partial charge is 0.340 e. The summed E-state index contributed by atoms with van der Waals surface area (Å²) in [6, 6.07) is 6.74. The Bertz CT molecular complexity index is 496. The van der Waals surface area contributed by atoms with Crippen molar-refractivity contribution in [1.82, 2.24) is 0 Å². The summed E-state index contributed by atoms with van der Waals surface area (Å²) in [7, 11) is 0. The number of hydrogen-bond donors (Lipinski definition) is 1. The van der Waals surface area contributed by atoms with Crippen molar-refractivity contribution in [2.24, 2.45) is 0 Å². The summed E-state index contributed by atoms with van der Waals surface area (Å²) >= 11 is 0. The molecule has 0 amide bonds. The van der Waals surface area contributed by atoms with E-state index < -0.39 is 11.9 Å². The third-order valence-electron chi connectivity index (χ3n) is 2.53. The molecule has 20 heavy (non-hydrogen) atoms. The molecule has 2 N–H and O–H groups in total. The van der Waals surface area contributed by atoms with Crippen molar-refractivity contribution in [3.05, 3.63) is 42.0 Å². The number of unbranched alkanes of at least 4 members (excludes halogenated alkanes) is 1. The Kier molecular flexibility index (Phi) is 6.29. The fourth-order valence-electron chi connectivity index (χ4n) is 1.42. The summed E-state index contributed by atoms with van der Waals surface area (Å²) in [5, 5.41) is 0. The molecule has 0 radical (unpaired) electrons. The molecule has 0 saturated heterocycles. The lowest BCUT2D eigenvalue weighted by Crippen LogP contribution is -2.10. The van der Waals surface area contributed by atoms with Gasteiger partial charge >= 0.3 is 11.9 Å². The third kappa shape index (κ3) is 5.14. The SMILES string of the molecule is C=C(C)C(=O)OCCCCOC(=O)c1ccccc1N. The lowest BCUT2D eigenvalue weighted by molar-refractivity contribution is -0.139. The van der Waals surface area contributed by atoms with Crippen molar-refractivity contribution >= 4 is 17.6 Å². The molecule has 5 nitrogen and oxygen atoms in total. The monoisotopic (exact) mass is 277 g/mol. The van der Waals surface area contributed by atoms with Gasteiger partial charge in [0.2, 0.25) is 0 Å². The van der Waals surface area contributed by atoms with Gasteiger partial charge in [0.05, 0.1) is 18.8 Å². The number of esters is 2. The summed E-state index contributed by atoms with van der Waals surface area (Å²) < 4.78 is 10.0. The van der Waals surface area contributed by atoms with Gasteiger partial charge in [-0.1, -0.05) is 18.7 Å². The van der Waals surface area contributed by atoms with Gasteiger partial charge in [-0.15, -0.1) is 0 Å². The summed E-state index contributed by atoms with van der Waals surface area (Å²) in [6.45, 7) is 5.62. The molecule has 0 aromatic heterocycles. The molecule has 0 fully saturated rings. The molecule has 0 spiro atoms. The van der Waals surface area contributed by atoms with Crippen molar-refractivity contribution in [2.75, 3.05) is 18.9 Å². The minimum absolute atomic E-state index is 0.262. The zero-order valence-corrected chi connectivity index (χ0v) is 11.6. The van der Waals surface area contributed by atoms with Crippen molar-refractivity contribution < 1.29 is 19.1 Å². The van der Waals surface area contributed by atoms with Gasteiger partial charge in [0.15, 0.2) is 0 Å². The molecule has 0 heterocycles. The van der Waals surface area contributed by atoms with Crippen LogP contribution in [0, 0.1) is 0 Å². The van der Waals surface area contributed by atoms with Gasteiger partial charge in [0.25, 0.3) is 0 Å². The number of ether oxygens (including phenoxy) is 2. The molecule has 0 unspecified atom stereocenters. The Balaban J connectivity index is 2.19. The van der Waals surface area contributed by atoms with Crippen LogP contribution in [-0.2, 0) is 14.3 Å².